The highest BCUT2D eigenvalue weighted by Crippen LogP contribution is 2.16. The van der Waals surface area contributed by atoms with Crippen LogP contribution in [0.15, 0.2) is 24.5 Å². The fourth-order valence-corrected chi connectivity index (χ4v) is 1.40. The lowest BCUT2D eigenvalue weighted by molar-refractivity contribution is 0.102. The summed E-state index contributed by atoms with van der Waals surface area (Å²) in [5.41, 5.74) is 1.33. The number of nitrogens with one attached hydrogen (secondary N) is 1. The van der Waals surface area contributed by atoms with Gasteiger partial charge in [0.15, 0.2) is 5.78 Å². The SMILES string of the molecule is O=C(CCl)c1c[nH]c2ncccc12. The van der Waals surface area contributed by atoms with Gasteiger partial charge in [0.05, 0.1) is 5.88 Å². The third-order valence-electron chi connectivity index (χ3n) is 1.87. The number of H-pyrrole nitrogens is 1. The predicted molar refractivity (Wildman–Crippen MR) is 51.1 cm³/mol. The quantitative estimate of drug-likeness (QED) is 0.587. The van der Waals surface area contributed by atoms with Crippen molar-refractivity contribution in [2.45, 2.75) is 0 Å². The fourth-order valence-electron chi connectivity index (χ4n) is 1.26. The Labute approximate surface area is 79.7 Å². The van der Waals surface area contributed by atoms with Gasteiger partial charge in [-0.2, -0.15) is 0 Å². The number of pyridine rings is 1. The van der Waals surface area contributed by atoms with E-state index in [0.717, 1.165) is 11.0 Å². The van der Waals surface area contributed by atoms with Crippen molar-refractivity contribution in [1.82, 2.24) is 9.97 Å². The maximum Gasteiger partial charge on any atom is 0.179 e. The van der Waals surface area contributed by atoms with Crippen LogP contribution in [0.1, 0.15) is 10.4 Å². The van der Waals surface area contributed by atoms with Crippen LogP contribution in [-0.4, -0.2) is 21.6 Å². The molecule has 1 N–H and O–H groups in total. The topological polar surface area (TPSA) is 45.8 Å². The standard InChI is InChI=1S/C9H7ClN2O/c10-4-8(13)7-5-12-9-6(7)2-1-3-11-9/h1-3,5H,4H2,(H,11,12). The molecule has 0 unspecified atom stereocenters. The molecule has 2 aromatic rings. The number of carbonyl (C=O) groups excluding carboxylic acids is 1. The molecule has 2 rings (SSSR count). The number of hydrogen-bond donors (Lipinski definition) is 1. The van der Waals surface area contributed by atoms with Crippen molar-refractivity contribution >= 4 is 28.4 Å². The molecule has 0 aliphatic carbocycles. The average Bonchev–Trinajstić information content (AvgIpc) is 2.60. The van der Waals surface area contributed by atoms with Gasteiger partial charge in [-0.3, -0.25) is 4.79 Å². The van der Waals surface area contributed by atoms with Crippen LogP contribution in [0.3, 0.4) is 0 Å². The molecule has 0 atom stereocenters. The van der Waals surface area contributed by atoms with Gasteiger partial charge in [0.2, 0.25) is 0 Å². The summed E-state index contributed by atoms with van der Waals surface area (Å²) < 4.78 is 0. The molecule has 2 heterocycles. The minimum absolute atomic E-state index is 0.00183. The molecule has 66 valence electrons. The summed E-state index contributed by atoms with van der Waals surface area (Å²) in [5, 5.41) is 0.827. The fraction of sp³-hybridized carbons (Fsp3) is 0.111. The number of alkyl halides is 1. The largest absolute Gasteiger partial charge is 0.345 e. The number of aromatic nitrogens is 2. The van der Waals surface area contributed by atoms with Gasteiger partial charge in [0, 0.05) is 23.3 Å². The van der Waals surface area contributed by atoms with Crippen LogP contribution in [0.5, 0.6) is 0 Å². The molecule has 0 aliphatic heterocycles. The van der Waals surface area contributed by atoms with Crippen molar-refractivity contribution in [2.75, 3.05) is 5.88 Å². The maximum absolute atomic E-state index is 11.3. The van der Waals surface area contributed by atoms with Crippen LogP contribution in [0.4, 0.5) is 0 Å². The monoisotopic (exact) mass is 194 g/mol. The molecule has 0 saturated carbocycles. The molecule has 0 radical (unpaired) electrons. The molecule has 4 heteroatoms. The summed E-state index contributed by atoms with van der Waals surface area (Å²) in [6.07, 6.45) is 3.32. The molecular weight excluding hydrogens is 188 g/mol. The van der Waals surface area contributed by atoms with Gasteiger partial charge >= 0.3 is 0 Å². The van der Waals surface area contributed by atoms with Gasteiger partial charge < -0.3 is 4.98 Å². The second-order valence-electron chi connectivity index (χ2n) is 2.66. The van der Waals surface area contributed by atoms with Gasteiger partial charge in [-0.25, -0.2) is 4.98 Å². The van der Waals surface area contributed by atoms with Crippen LogP contribution in [0.2, 0.25) is 0 Å². The van der Waals surface area contributed by atoms with E-state index in [2.05, 4.69) is 9.97 Å². The predicted octanol–water partition coefficient (Wildman–Crippen LogP) is 1.98. The molecule has 0 spiro atoms. The first kappa shape index (κ1) is 8.26. The zero-order valence-corrected chi connectivity index (χ0v) is 7.51. The van der Waals surface area contributed by atoms with Crippen LogP contribution in [0.25, 0.3) is 11.0 Å². The van der Waals surface area contributed by atoms with Gasteiger partial charge in [-0.05, 0) is 12.1 Å². The maximum atomic E-state index is 11.3. The van der Waals surface area contributed by atoms with E-state index in [1.165, 1.54) is 0 Å². The number of rotatable bonds is 2. The van der Waals surface area contributed by atoms with E-state index in [-0.39, 0.29) is 11.7 Å². The van der Waals surface area contributed by atoms with Crippen molar-refractivity contribution in [3.05, 3.63) is 30.1 Å². The summed E-state index contributed by atoms with van der Waals surface area (Å²) in [6.45, 7) is 0. The van der Waals surface area contributed by atoms with E-state index in [1.54, 1.807) is 18.5 Å². The second-order valence-corrected chi connectivity index (χ2v) is 2.93. The molecule has 0 aromatic carbocycles. The van der Waals surface area contributed by atoms with E-state index < -0.39 is 0 Å². The second kappa shape index (κ2) is 3.18. The highest BCUT2D eigenvalue weighted by Gasteiger charge is 2.10. The van der Waals surface area contributed by atoms with E-state index >= 15 is 0 Å². The molecule has 3 nitrogen and oxygen atoms in total. The van der Waals surface area contributed by atoms with E-state index in [0.29, 0.717) is 5.56 Å². The van der Waals surface area contributed by atoms with Crippen LogP contribution in [-0.2, 0) is 0 Å². The Morgan fingerprint density at radius 3 is 3.23 bits per heavy atom. The number of hydrogen-bond acceptors (Lipinski definition) is 2. The summed E-state index contributed by atoms with van der Waals surface area (Å²) in [6, 6.07) is 3.64. The lowest BCUT2D eigenvalue weighted by Crippen LogP contribution is -1.98. The minimum Gasteiger partial charge on any atom is -0.345 e. The Hall–Kier alpha value is -1.35. The highest BCUT2D eigenvalue weighted by molar-refractivity contribution is 6.31. The van der Waals surface area contributed by atoms with E-state index in [4.69, 9.17) is 11.6 Å². The number of ketones is 1. The Bertz CT molecular complexity index is 450. The summed E-state index contributed by atoms with van der Waals surface area (Å²) in [5.74, 6) is -0.0807. The normalized spacial score (nSPS) is 10.5. The lowest BCUT2D eigenvalue weighted by atomic mass is 10.1. The van der Waals surface area contributed by atoms with E-state index in [9.17, 15) is 4.79 Å². The Balaban J connectivity index is 2.64. The van der Waals surface area contributed by atoms with Gasteiger partial charge in [0.25, 0.3) is 0 Å². The molecule has 0 fully saturated rings. The van der Waals surface area contributed by atoms with Crippen molar-refractivity contribution in [2.24, 2.45) is 0 Å². The first-order valence-corrected chi connectivity index (χ1v) is 4.37. The van der Waals surface area contributed by atoms with Crippen molar-refractivity contribution in [1.29, 1.82) is 0 Å². The molecule has 0 saturated heterocycles. The van der Waals surface area contributed by atoms with E-state index in [1.807, 2.05) is 6.07 Å². The van der Waals surface area contributed by atoms with Gasteiger partial charge in [-0.1, -0.05) is 0 Å². The van der Waals surface area contributed by atoms with Crippen LogP contribution >= 0.6 is 11.6 Å². The number of carbonyl (C=O) groups is 1. The molecule has 13 heavy (non-hydrogen) atoms. The molecule has 0 aliphatic rings. The lowest BCUT2D eigenvalue weighted by Gasteiger charge is -1.92. The Morgan fingerprint density at radius 1 is 1.62 bits per heavy atom. The Kier molecular flexibility index (Phi) is 2.02. The zero-order valence-electron chi connectivity index (χ0n) is 6.75. The van der Waals surface area contributed by atoms with Crippen molar-refractivity contribution in [3.63, 3.8) is 0 Å². The van der Waals surface area contributed by atoms with Crippen LogP contribution in [0, 0.1) is 0 Å². The summed E-state index contributed by atoms with van der Waals surface area (Å²) in [7, 11) is 0. The van der Waals surface area contributed by atoms with Gasteiger partial charge in [-0.15, -0.1) is 11.6 Å². The summed E-state index contributed by atoms with van der Waals surface area (Å²) in [4.78, 5) is 18.3. The number of nitrogens with zero attached hydrogens (tertiary/aromatic N) is 1. The molecule has 2 aromatic heterocycles. The van der Waals surface area contributed by atoms with Crippen molar-refractivity contribution in [3.8, 4) is 0 Å². The van der Waals surface area contributed by atoms with Crippen LogP contribution < -0.4 is 0 Å². The number of aromatic amines is 1. The van der Waals surface area contributed by atoms with Gasteiger partial charge in [0.1, 0.15) is 5.65 Å². The third-order valence-corrected chi connectivity index (χ3v) is 2.12. The molecule has 0 amide bonds. The summed E-state index contributed by atoms with van der Waals surface area (Å²) >= 11 is 5.46. The van der Waals surface area contributed by atoms with Crippen molar-refractivity contribution < 1.29 is 4.79 Å². The third kappa shape index (κ3) is 1.31. The Morgan fingerprint density at radius 2 is 2.46 bits per heavy atom. The average molecular weight is 195 g/mol. The zero-order chi connectivity index (χ0) is 9.26. The first-order chi connectivity index (χ1) is 6.33. The smallest absolute Gasteiger partial charge is 0.179 e. The minimum atomic E-state index is -0.0825. The molecular formula is C9H7ClN2O. The number of Topliss-reactive ketones (excluding diaryl/α,β-unsaturated/α-hetero) is 1. The first-order valence-electron chi connectivity index (χ1n) is 3.84. The highest BCUT2D eigenvalue weighted by atomic mass is 35.5. The number of fused-ring (bicyclic) bond motifs is 1. The number of halogens is 1. The molecule has 0 bridgehead atoms.